The van der Waals surface area contributed by atoms with E-state index in [9.17, 15) is 9.90 Å². The predicted octanol–water partition coefficient (Wildman–Crippen LogP) is 0.833. The van der Waals surface area contributed by atoms with Gasteiger partial charge in [0.05, 0.1) is 12.6 Å². The van der Waals surface area contributed by atoms with Gasteiger partial charge in [0.2, 0.25) is 0 Å². The molecule has 0 amide bonds. The average molecular weight is 215 g/mol. The van der Waals surface area contributed by atoms with Crippen LogP contribution in [0.25, 0.3) is 0 Å². The van der Waals surface area contributed by atoms with Gasteiger partial charge in [0.15, 0.2) is 0 Å². The van der Waals surface area contributed by atoms with Crippen LogP contribution in [-0.2, 0) is 4.79 Å². The maximum absolute atomic E-state index is 9.68. The number of aliphatic hydroxyl groups is 1. The first-order valence-electron chi connectivity index (χ1n) is 5.66. The summed E-state index contributed by atoms with van der Waals surface area (Å²) in [4.78, 5) is 9.24. The quantitative estimate of drug-likeness (QED) is 0.651. The van der Waals surface area contributed by atoms with Gasteiger partial charge in [-0.2, -0.15) is 0 Å². The van der Waals surface area contributed by atoms with Crippen LogP contribution >= 0.6 is 0 Å². The Hall–Kier alpha value is -0.610. The van der Waals surface area contributed by atoms with Gasteiger partial charge < -0.3 is 15.9 Å². The normalized spacial score (nSPS) is 30.9. The number of nitrogens with two attached hydrogens (primary N) is 1. The highest BCUT2D eigenvalue weighted by molar-refractivity contribution is 5.68. The third kappa shape index (κ3) is 3.80. The molecule has 4 N–H and O–H groups in total. The number of aliphatic carboxylic acids is 1. The summed E-state index contributed by atoms with van der Waals surface area (Å²) in [6.07, 6.45) is 5.25. The van der Waals surface area contributed by atoms with Gasteiger partial charge in [0.25, 0.3) is 0 Å². The van der Waals surface area contributed by atoms with E-state index in [2.05, 4.69) is 12.7 Å². The van der Waals surface area contributed by atoms with Gasteiger partial charge in [0.1, 0.15) is 0 Å². The van der Waals surface area contributed by atoms with Crippen LogP contribution < -0.4 is 5.73 Å². The van der Waals surface area contributed by atoms with Gasteiger partial charge in [-0.25, -0.2) is 0 Å². The molecule has 2 aliphatic rings. The lowest BCUT2D eigenvalue weighted by atomic mass is 9.79. The summed E-state index contributed by atoms with van der Waals surface area (Å²) in [5.41, 5.74) is 4.57. The van der Waals surface area contributed by atoms with E-state index in [0.29, 0.717) is 11.8 Å². The topological polar surface area (TPSA) is 83.5 Å². The smallest absolute Gasteiger partial charge is 0.317 e. The zero-order valence-electron chi connectivity index (χ0n) is 9.22. The minimum absolute atomic E-state index is 0.0590. The lowest BCUT2D eigenvalue weighted by Crippen LogP contribution is -2.28. The number of rotatable bonds is 3. The average Bonchev–Trinajstić information content (AvgIpc) is 2.80. The molecule has 0 spiro atoms. The van der Waals surface area contributed by atoms with Crippen molar-refractivity contribution in [2.45, 2.75) is 38.7 Å². The minimum atomic E-state index is -0.968. The molecule has 0 aromatic heterocycles. The van der Waals surface area contributed by atoms with Crippen LogP contribution in [0.2, 0.25) is 0 Å². The number of aliphatic hydroxyl groups excluding tert-OH is 1. The largest absolute Gasteiger partial charge is 0.480 e. The first-order chi connectivity index (χ1) is 7.06. The first-order valence-corrected chi connectivity index (χ1v) is 5.66. The van der Waals surface area contributed by atoms with Gasteiger partial charge >= 0.3 is 5.97 Å². The molecular formula is C11H21NO3. The molecule has 0 aliphatic heterocycles. The Morgan fingerprint density at radius 2 is 2.00 bits per heavy atom. The molecule has 2 saturated carbocycles. The van der Waals surface area contributed by atoms with Gasteiger partial charge in [-0.3, -0.25) is 4.79 Å². The van der Waals surface area contributed by atoms with Gasteiger partial charge in [-0.05, 0) is 37.0 Å². The molecular weight excluding hydrogens is 194 g/mol. The molecule has 0 saturated heterocycles. The van der Waals surface area contributed by atoms with Crippen molar-refractivity contribution in [2.24, 2.45) is 23.5 Å². The molecule has 2 fully saturated rings. The van der Waals surface area contributed by atoms with E-state index >= 15 is 0 Å². The Morgan fingerprint density at radius 3 is 2.20 bits per heavy atom. The highest BCUT2D eigenvalue weighted by atomic mass is 16.4. The fourth-order valence-corrected chi connectivity index (χ4v) is 1.96. The van der Waals surface area contributed by atoms with Crippen molar-refractivity contribution in [3.8, 4) is 0 Å². The van der Waals surface area contributed by atoms with Crippen LogP contribution in [0.3, 0.4) is 0 Å². The maximum atomic E-state index is 9.68. The highest BCUT2D eigenvalue weighted by Crippen LogP contribution is 2.46. The molecule has 88 valence electrons. The van der Waals surface area contributed by atoms with Crippen molar-refractivity contribution in [1.82, 2.24) is 0 Å². The standard InChI is InChI=1S/C9H16O.C2H5NO2/c1-6-5-8(6)9(10)7-3-2-4-7;3-1-2(4)5/h6-10H,2-5H2,1H3;1,3H2,(H,4,5). The van der Waals surface area contributed by atoms with Crippen molar-refractivity contribution >= 4 is 5.97 Å². The van der Waals surface area contributed by atoms with E-state index < -0.39 is 5.97 Å². The summed E-state index contributed by atoms with van der Waals surface area (Å²) in [6, 6.07) is 0. The highest BCUT2D eigenvalue weighted by Gasteiger charge is 2.43. The van der Waals surface area contributed by atoms with Crippen molar-refractivity contribution < 1.29 is 15.0 Å². The van der Waals surface area contributed by atoms with E-state index in [1.54, 1.807) is 0 Å². The Balaban J connectivity index is 0.000000195. The molecule has 0 radical (unpaired) electrons. The van der Waals surface area contributed by atoms with Crippen LogP contribution in [0.5, 0.6) is 0 Å². The Bertz CT molecular complexity index is 211. The van der Waals surface area contributed by atoms with Gasteiger partial charge in [0, 0.05) is 0 Å². The van der Waals surface area contributed by atoms with Crippen LogP contribution in [0.15, 0.2) is 0 Å². The fourth-order valence-electron chi connectivity index (χ4n) is 1.96. The van der Waals surface area contributed by atoms with E-state index in [0.717, 1.165) is 5.92 Å². The molecule has 2 rings (SSSR count). The second kappa shape index (κ2) is 5.47. The van der Waals surface area contributed by atoms with Gasteiger partial charge in [-0.1, -0.05) is 13.3 Å². The number of carboxylic acid groups (broad SMARTS) is 1. The Labute approximate surface area is 90.5 Å². The van der Waals surface area contributed by atoms with E-state index in [-0.39, 0.29) is 12.6 Å². The molecule has 0 bridgehead atoms. The summed E-state index contributed by atoms with van der Waals surface area (Å²) in [5.74, 6) is 1.20. The van der Waals surface area contributed by atoms with Crippen LogP contribution in [-0.4, -0.2) is 28.8 Å². The van der Waals surface area contributed by atoms with E-state index in [4.69, 9.17) is 5.11 Å². The third-order valence-corrected chi connectivity index (χ3v) is 3.42. The fraction of sp³-hybridized carbons (Fsp3) is 0.909. The molecule has 0 heterocycles. The molecule has 4 nitrogen and oxygen atoms in total. The van der Waals surface area contributed by atoms with E-state index in [1.807, 2.05) is 0 Å². The SMILES string of the molecule is CC1CC1C(O)C1CCC1.NCC(=O)O. The third-order valence-electron chi connectivity index (χ3n) is 3.42. The monoisotopic (exact) mass is 215 g/mol. The van der Waals surface area contributed by atoms with Crippen molar-refractivity contribution in [2.75, 3.05) is 6.54 Å². The number of carbonyl (C=O) groups is 1. The summed E-state index contributed by atoms with van der Waals surface area (Å²) in [6.45, 7) is 1.96. The molecule has 3 atom stereocenters. The minimum Gasteiger partial charge on any atom is -0.480 e. The predicted molar refractivity (Wildman–Crippen MR) is 57.3 cm³/mol. The summed E-state index contributed by atoms with van der Waals surface area (Å²) in [7, 11) is 0. The Kier molecular flexibility index (Phi) is 4.54. The zero-order chi connectivity index (χ0) is 11.4. The van der Waals surface area contributed by atoms with Crippen molar-refractivity contribution in [3.05, 3.63) is 0 Å². The molecule has 0 aromatic carbocycles. The summed E-state index contributed by atoms with van der Waals surface area (Å²) >= 11 is 0. The van der Waals surface area contributed by atoms with Crippen LogP contribution in [0.4, 0.5) is 0 Å². The first kappa shape index (κ1) is 12.5. The second-order valence-electron chi connectivity index (χ2n) is 4.66. The van der Waals surface area contributed by atoms with Crippen LogP contribution in [0.1, 0.15) is 32.6 Å². The molecule has 2 aliphatic carbocycles. The van der Waals surface area contributed by atoms with Crippen molar-refractivity contribution in [3.63, 3.8) is 0 Å². The zero-order valence-corrected chi connectivity index (χ0v) is 9.22. The summed E-state index contributed by atoms with van der Waals surface area (Å²) < 4.78 is 0. The maximum Gasteiger partial charge on any atom is 0.317 e. The Morgan fingerprint density at radius 1 is 1.53 bits per heavy atom. The number of hydrogen-bond donors (Lipinski definition) is 3. The lowest BCUT2D eigenvalue weighted by molar-refractivity contribution is -0.135. The molecule has 0 aromatic rings. The van der Waals surface area contributed by atoms with Crippen molar-refractivity contribution in [1.29, 1.82) is 0 Å². The molecule has 4 heteroatoms. The van der Waals surface area contributed by atoms with Crippen LogP contribution in [0, 0.1) is 17.8 Å². The van der Waals surface area contributed by atoms with E-state index in [1.165, 1.54) is 25.7 Å². The second-order valence-corrected chi connectivity index (χ2v) is 4.66. The molecule has 15 heavy (non-hydrogen) atoms. The van der Waals surface area contributed by atoms with Gasteiger partial charge in [-0.15, -0.1) is 0 Å². The number of hydrogen-bond acceptors (Lipinski definition) is 3. The number of carboxylic acids is 1. The summed E-state index contributed by atoms with van der Waals surface area (Å²) in [5, 5.41) is 17.3. The molecule has 3 unspecified atom stereocenters. The lowest BCUT2D eigenvalue weighted by Gasteiger charge is -2.30.